The third kappa shape index (κ3) is 2.21. The molecule has 0 amide bonds. The highest BCUT2D eigenvalue weighted by molar-refractivity contribution is 6.02. The van der Waals surface area contributed by atoms with Crippen LogP contribution >= 0.6 is 0 Å². The maximum absolute atomic E-state index is 6.03. The number of anilines is 1. The first-order chi connectivity index (χ1) is 10.8. The molecular formula is C16H18N6. The fraction of sp³-hybridized carbons (Fsp3) is 0.312. The number of rotatable bonds is 2. The highest BCUT2D eigenvalue weighted by atomic mass is 15.1. The lowest BCUT2D eigenvalue weighted by Gasteiger charge is -2.32. The Kier molecular flexibility index (Phi) is 3.23. The van der Waals surface area contributed by atoms with Gasteiger partial charge in [-0.25, -0.2) is 15.0 Å². The molecule has 112 valence electrons. The molecule has 0 atom stereocenters. The van der Waals surface area contributed by atoms with Crippen molar-refractivity contribution >= 4 is 16.7 Å². The number of hydrogen-bond donors (Lipinski definition) is 2. The van der Waals surface area contributed by atoms with Crippen LogP contribution in [0.3, 0.4) is 0 Å². The molecule has 6 nitrogen and oxygen atoms in total. The van der Waals surface area contributed by atoms with E-state index in [0.717, 1.165) is 48.1 Å². The van der Waals surface area contributed by atoms with Gasteiger partial charge in [-0.2, -0.15) is 0 Å². The second-order valence-electron chi connectivity index (χ2n) is 5.71. The van der Waals surface area contributed by atoms with Crippen LogP contribution in [-0.2, 0) is 0 Å². The van der Waals surface area contributed by atoms with Crippen LogP contribution in [0.1, 0.15) is 12.8 Å². The molecule has 1 saturated heterocycles. The first-order valence-corrected chi connectivity index (χ1v) is 7.55. The minimum Gasteiger partial charge on any atom is -0.371 e. The van der Waals surface area contributed by atoms with Crippen LogP contribution in [0.15, 0.2) is 37.2 Å². The Hall–Kier alpha value is -2.47. The molecule has 0 radical (unpaired) electrons. The van der Waals surface area contributed by atoms with E-state index in [1.54, 1.807) is 6.33 Å². The number of nitrogens with two attached hydrogens (primary N) is 1. The van der Waals surface area contributed by atoms with Crippen LogP contribution in [0.5, 0.6) is 0 Å². The second-order valence-corrected chi connectivity index (χ2v) is 5.71. The Morgan fingerprint density at radius 1 is 1.18 bits per heavy atom. The lowest BCUT2D eigenvalue weighted by molar-refractivity contribution is 0.502. The molecule has 0 saturated carbocycles. The Balaban J connectivity index is 1.83. The molecule has 3 aromatic heterocycles. The summed E-state index contributed by atoms with van der Waals surface area (Å²) in [5.41, 5.74) is 10.2. The maximum atomic E-state index is 6.03. The fourth-order valence-electron chi connectivity index (χ4n) is 3.11. The zero-order chi connectivity index (χ0) is 14.9. The van der Waals surface area contributed by atoms with E-state index < -0.39 is 0 Å². The lowest BCUT2D eigenvalue weighted by Crippen LogP contribution is -2.39. The van der Waals surface area contributed by atoms with Crippen LogP contribution in [-0.4, -0.2) is 39.1 Å². The molecule has 22 heavy (non-hydrogen) atoms. The van der Waals surface area contributed by atoms with Gasteiger partial charge in [0.25, 0.3) is 0 Å². The van der Waals surface area contributed by atoms with Crippen molar-refractivity contribution < 1.29 is 0 Å². The first-order valence-electron chi connectivity index (χ1n) is 7.55. The Morgan fingerprint density at radius 3 is 2.73 bits per heavy atom. The molecule has 4 heterocycles. The zero-order valence-electron chi connectivity index (χ0n) is 12.2. The molecule has 0 aliphatic carbocycles. The SMILES string of the molecule is NC1CCN(c2ccnc3[nH]cc(-c4cncnc4)c23)CC1. The number of nitrogens with zero attached hydrogens (tertiary/aromatic N) is 4. The summed E-state index contributed by atoms with van der Waals surface area (Å²) >= 11 is 0. The topological polar surface area (TPSA) is 83.7 Å². The van der Waals surface area contributed by atoms with Crippen LogP contribution in [0.25, 0.3) is 22.2 Å². The predicted molar refractivity (Wildman–Crippen MR) is 86.5 cm³/mol. The van der Waals surface area contributed by atoms with E-state index in [0.29, 0.717) is 6.04 Å². The van der Waals surface area contributed by atoms with Gasteiger partial charge in [-0.3, -0.25) is 0 Å². The molecule has 4 rings (SSSR count). The largest absolute Gasteiger partial charge is 0.371 e. The molecule has 0 aromatic carbocycles. The normalized spacial score (nSPS) is 16.3. The van der Waals surface area contributed by atoms with Gasteiger partial charge in [-0.05, 0) is 18.9 Å². The molecule has 6 heteroatoms. The van der Waals surface area contributed by atoms with Crippen LogP contribution in [0.4, 0.5) is 5.69 Å². The highest BCUT2D eigenvalue weighted by Gasteiger charge is 2.20. The fourth-order valence-corrected chi connectivity index (χ4v) is 3.11. The van der Waals surface area contributed by atoms with E-state index in [1.165, 1.54) is 5.69 Å². The number of aromatic nitrogens is 4. The van der Waals surface area contributed by atoms with Crippen molar-refractivity contribution in [3.63, 3.8) is 0 Å². The van der Waals surface area contributed by atoms with Gasteiger partial charge >= 0.3 is 0 Å². The predicted octanol–water partition coefficient (Wildman–Crippen LogP) is 1.95. The van der Waals surface area contributed by atoms with Crippen molar-refractivity contribution in [2.45, 2.75) is 18.9 Å². The van der Waals surface area contributed by atoms with E-state index in [1.807, 2.05) is 24.8 Å². The van der Waals surface area contributed by atoms with Crippen molar-refractivity contribution in [1.82, 2.24) is 19.9 Å². The van der Waals surface area contributed by atoms with Crippen molar-refractivity contribution in [2.75, 3.05) is 18.0 Å². The third-order valence-corrected chi connectivity index (χ3v) is 4.30. The number of H-pyrrole nitrogens is 1. The molecule has 1 fully saturated rings. The molecule has 3 N–H and O–H groups in total. The van der Waals surface area contributed by atoms with Gasteiger partial charge < -0.3 is 15.6 Å². The van der Waals surface area contributed by atoms with Crippen molar-refractivity contribution in [3.05, 3.63) is 37.2 Å². The molecule has 1 aliphatic heterocycles. The zero-order valence-corrected chi connectivity index (χ0v) is 12.2. The van der Waals surface area contributed by atoms with E-state index in [9.17, 15) is 0 Å². The minimum atomic E-state index is 0.321. The molecule has 3 aromatic rings. The summed E-state index contributed by atoms with van der Waals surface area (Å²) in [5, 5.41) is 1.13. The molecule has 1 aliphatic rings. The van der Waals surface area contributed by atoms with Crippen molar-refractivity contribution in [1.29, 1.82) is 0 Å². The Bertz CT molecular complexity index is 774. The number of piperidine rings is 1. The number of hydrogen-bond acceptors (Lipinski definition) is 5. The van der Waals surface area contributed by atoms with Gasteiger partial charge in [0.2, 0.25) is 0 Å². The third-order valence-electron chi connectivity index (χ3n) is 4.30. The van der Waals surface area contributed by atoms with Crippen LogP contribution < -0.4 is 10.6 Å². The van der Waals surface area contributed by atoms with Crippen molar-refractivity contribution in [2.24, 2.45) is 5.73 Å². The number of aromatic amines is 1. The average Bonchev–Trinajstić information content (AvgIpc) is 3.00. The molecule has 0 spiro atoms. The molecule has 0 unspecified atom stereocenters. The summed E-state index contributed by atoms with van der Waals surface area (Å²) in [7, 11) is 0. The summed E-state index contributed by atoms with van der Waals surface area (Å²) in [6.07, 6.45) is 11.1. The van der Waals surface area contributed by atoms with Gasteiger partial charge in [-0.1, -0.05) is 0 Å². The summed E-state index contributed by atoms with van der Waals surface area (Å²) < 4.78 is 0. The van der Waals surface area contributed by atoms with Gasteiger partial charge in [0.1, 0.15) is 12.0 Å². The summed E-state index contributed by atoms with van der Waals surface area (Å²) in [5.74, 6) is 0. The maximum Gasteiger partial charge on any atom is 0.139 e. The van der Waals surface area contributed by atoms with Gasteiger partial charge in [0.15, 0.2) is 0 Å². The summed E-state index contributed by atoms with van der Waals surface area (Å²) in [6, 6.07) is 2.40. The summed E-state index contributed by atoms with van der Waals surface area (Å²) in [6.45, 7) is 1.96. The number of fused-ring (bicyclic) bond motifs is 1. The monoisotopic (exact) mass is 294 g/mol. The van der Waals surface area contributed by atoms with Crippen LogP contribution in [0.2, 0.25) is 0 Å². The number of nitrogens with one attached hydrogen (secondary N) is 1. The van der Waals surface area contributed by atoms with Crippen LogP contribution in [0, 0.1) is 0 Å². The highest BCUT2D eigenvalue weighted by Crippen LogP contribution is 2.35. The van der Waals surface area contributed by atoms with Gasteiger partial charge in [0.05, 0.1) is 0 Å². The first kappa shape index (κ1) is 13.2. The molecular weight excluding hydrogens is 276 g/mol. The standard InChI is InChI=1S/C16H18N6/c17-12-2-5-22(6-3-12)14-1-4-20-16-15(14)13(9-21-16)11-7-18-10-19-8-11/h1,4,7-10,12H,2-3,5-6,17H2,(H,20,21). The van der Waals surface area contributed by atoms with Gasteiger partial charge in [0, 0.05) is 66.1 Å². The Morgan fingerprint density at radius 2 is 1.95 bits per heavy atom. The average molecular weight is 294 g/mol. The smallest absolute Gasteiger partial charge is 0.139 e. The molecule has 0 bridgehead atoms. The van der Waals surface area contributed by atoms with E-state index in [4.69, 9.17) is 5.73 Å². The van der Waals surface area contributed by atoms with E-state index in [-0.39, 0.29) is 0 Å². The minimum absolute atomic E-state index is 0.321. The lowest BCUT2D eigenvalue weighted by atomic mass is 10.0. The van der Waals surface area contributed by atoms with Gasteiger partial charge in [-0.15, -0.1) is 0 Å². The second kappa shape index (κ2) is 5.38. The Labute approximate surface area is 128 Å². The van der Waals surface area contributed by atoms with E-state index >= 15 is 0 Å². The quantitative estimate of drug-likeness (QED) is 0.754. The summed E-state index contributed by atoms with van der Waals surface area (Å²) in [4.78, 5) is 18.4. The van der Waals surface area contributed by atoms with E-state index in [2.05, 4.69) is 30.9 Å². The van der Waals surface area contributed by atoms with Crippen molar-refractivity contribution in [3.8, 4) is 11.1 Å². The number of pyridine rings is 1.